The highest BCUT2D eigenvalue weighted by molar-refractivity contribution is 6.30. The van der Waals surface area contributed by atoms with Gasteiger partial charge in [0, 0.05) is 10.6 Å². The normalized spacial score (nSPS) is 16.6. The Labute approximate surface area is 133 Å². The lowest BCUT2D eigenvalue weighted by molar-refractivity contribution is -0.138. The van der Waals surface area contributed by atoms with E-state index in [4.69, 9.17) is 11.6 Å². The molecule has 0 aliphatic carbocycles. The van der Waals surface area contributed by atoms with Crippen molar-refractivity contribution in [2.24, 2.45) is 0 Å². The third kappa shape index (κ3) is 3.10. The maximum absolute atomic E-state index is 12.4. The van der Waals surface area contributed by atoms with Gasteiger partial charge in [0.05, 0.1) is 13.0 Å². The van der Waals surface area contributed by atoms with Gasteiger partial charge in [-0.25, -0.2) is 0 Å². The standard InChI is InChI=1S/C18H14ClNO2/c19-16-8-4-7-14(10-16)9-15-11-17(21)20(18(15)22)12-13-5-2-1-3-6-13/h1-10H,11-12H2/b15-9+. The lowest BCUT2D eigenvalue weighted by atomic mass is 10.1. The molecule has 0 atom stereocenters. The zero-order valence-electron chi connectivity index (χ0n) is 11.8. The third-order valence-electron chi connectivity index (χ3n) is 3.54. The minimum atomic E-state index is -0.228. The first kappa shape index (κ1) is 14.5. The fourth-order valence-corrected chi connectivity index (χ4v) is 2.66. The van der Waals surface area contributed by atoms with Gasteiger partial charge in [-0.3, -0.25) is 14.5 Å². The van der Waals surface area contributed by atoms with E-state index in [0.717, 1.165) is 11.1 Å². The van der Waals surface area contributed by atoms with Crippen LogP contribution in [0.25, 0.3) is 6.08 Å². The molecule has 2 aromatic rings. The van der Waals surface area contributed by atoms with Crippen LogP contribution in [0.15, 0.2) is 60.2 Å². The van der Waals surface area contributed by atoms with E-state index >= 15 is 0 Å². The van der Waals surface area contributed by atoms with Gasteiger partial charge < -0.3 is 0 Å². The minimum Gasteiger partial charge on any atom is -0.274 e. The highest BCUT2D eigenvalue weighted by Crippen LogP contribution is 2.24. The van der Waals surface area contributed by atoms with E-state index in [0.29, 0.717) is 17.1 Å². The summed E-state index contributed by atoms with van der Waals surface area (Å²) in [5.41, 5.74) is 2.27. The average molecular weight is 312 g/mol. The number of amides is 2. The maximum atomic E-state index is 12.4. The predicted octanol–water partition coefficient (Wildman–Crippen LogP) is 3.68. The van der Waals surface area contributed by atoms with Crippen molar-refractivity contribution >= 4 is 29.5 Å². The van der Waals surface area contributed by atoms with Gasteiger partial charge in [-0.2, -0.15) is 0 Å². The fourth-order valence-electron chi connectivity index (χ4n) is 2.46. The summed E-state index contributed by atoms with van der Waals surface area (Å²) < 4.78 is 0. The largest absolute Gasteiger partial charge is 0.274 e. The molecule has 1 fully saturated rings. The smallest absolute Gasteiger partial charge is 0.257 e. The molecule has 0 bridgehead atoms. The number of imide groups is 1. The monoisotopic (exact) mass is 311 g/mol. The number of hydrogen-bond acceptors (Lipinski definition) is 2. The molecular weight excluding hydrogens is 298 g/mol. The number of likely N-dealkylation sites (tertiary alicyclic amines) is 1. The quantitative estimate of drug-likeness (QED) is 0.640. The summed E-state index contributed by atoms with van der Waals surface area (Å²) in [6.07, 6.45) is 1.87. The summed E-state index contributed by atoms with van der Waals surface area (Å²) in [5, 5.41) is 0.604. The molecule has 4 heteroatoms. The van der Waals surface area contributed by atoms with Crippen molar-refractivity contribution in [3.63, 3.8) is 0 Å². The number of hydrogen-bond donors (Lipinski definition) is 0. The van der Waals surface area contributed by atoms with Crippen LogP contribution in [-0.2, 0) is 16.1 Å². The molecule has 110 valence electrons. The molecule has 1 heterocycles. The zero-order valence-corrected chi connectivity index (χ0v) is 12.6. The van der Waals surface area contributed by atoms with Gasteiger partial charge in [-0.05, 0) is 29.3 Å². The highest BCUT2D eigenvalue weighted by atomic mass is 35.5. The lowest BCUT2D eigenvalue weighted by Crippen LogP contribution is -2.28. The topological polar surface area (TPSA) is 37.4 Å². The van der Waals surface area contributed by atoms with Crippen molar-refractivity contribution in [1.82, 2.24) is 4.90 Å². The fraction of sp³-hybridized carbons (Fsp3) is 0.111. The van der Waals surface area contributed by atoms with E-state index in [2.05, 4.69) is 0 Å². The van der Waals surface area contributed by atoms with Crippen LogP contribution in [0.1, 0.15) is 17.5 Å². The van der Waals surface area contributed by atoms with Gasteiger partial charge in [-0.15, -0.1) is 0 Å². The number of rotatable bonds is 3. The summed E-state index contributed by atoms with van der Waals surface area (Å²) in [6.45, 7) is 0.311. The number of nitrogens with zero attached hydrogens (tertiary/aromatic N) is 1. The van der Waals surface area contributed by atoms with Gasteiger partial charge in [0.15, 0.2) is 0 Å². The summed E-state index contributed by atoms with van der Waals surface area (Å²) in [6, 6.07) is 16.7. The highest BCUT2D eigenvalue weighted by Gasteiger charge is 2.33. The van der Waals surface area contributed by atoms with Crippen molar-refractivity contribution in [3.05, 3.63) is 76.3 Å². The van der Waals surface area contributed by atoms with Crippen LogP contribution in [0.2, 0.25) is 5.02 Å². The number of carbonyl (C=O) groups is 2. The molecule has 0 radical (unpaired) electrons. The zero-order chi connectivity index (χ0) is 15.5. The van der Waals surface area contributed by atoms with Gasteiger partial charge in [0.1, 0.15) is 0 Å². The molecule has 2 amide bonds. The lowest BCUT2D eigenvalue weighted by Gasteiger charge is -2.13. The summed E-state index contributed by atoms with van der Waals surface area (Å²) in [7, 11) is 0. The second-order valence-electron chi connectivity index (χ2n) is 5.17. The van der Waals surface area contributed by atoms with Crippen LogP contribution in [0.3, 0.4) is 0 Å². The first-order chi connectivity index (χ1) is 10.6. The predicted molar refractivity (Wildman–Crippen MR) is 86.0 cm³/mol. The maximum Gasteiger partial charge on any atom is 0.257 e. The van der Waals surface area contributed by atoms with E-state index in [1.54, 1.807) is 18.2 Å². The van der Waals surface area contributed by atoms with E-state index in [-0.39, 0.29) is 18.2 Å². The number of carbonyl (C=O) groups excluding carboxylic acids is 2. The Bertz CT molecular complexity index is 753. The van der Waals surface area contributed by atoms with Gasteiger partial charge in [-0.1, -0.05) is 54.1 Å². The Hall–Kier alpha value is -2.39. The molecule has 0 saturated carbocycles. The first-order valence-corrected chi connectivity index (χ1v) is 7.36. The Balaban J connectivity index is 1.82. The average Bonchev–Trinajstić information content (AvgIpc) is 2.76. The molecule has 1 aliphatic rings. The van der Waals surface area contributed by atoms with E-state index in [1.807, 2.05) is 42.5 Å². The molecule has 3 rings (SSSR count). The van der Waals surface area contributed by atoms with Crippen LogP contribution in [0.4, 0.5) is 0 Å². The van der Waals surface area contributed by atoms with Crippen molar-refractivity contribution in [3.8, 4) is 0 Å². The van der Waals surface area contributed by atoms with Crippen LogP contribution >= 0.6 is 11.6 Å². The summed E-state index contributed by atoms with van der Waals surface area (Å²) in [5.74, 6) is -0.393. The SMILES string of the molecule is O=C1C/C(=C\c2cccc(Cl)c2)C(=O)N1Cc1ccccc1. The van der Waals surface area contributed by atoms with Crippen molar-refractivity contribution in [1.29, 1.82) is 0 Å². The van der Waals surface area contributed by atoms with E-state index in [1.165, 1.54) is 4.90 Å². The molecule has 1 aliphatic heterocycles. The van der Waals surface area contributed by atoms with Crippen molar-refractivity contribution < 1.29 is 9.59 Å². The minimum absolute atomic E-state index is 0.137. The van der Waals surface area contributed by atoms with Crippen molar-refractivity contribution in [2.75, 3.05) is 0 Å². The van der Waals surface area contributed by atoms with Crippen molar-refractivity contribution in [2.45, 2.75) is 13.0 Å². The Kier molecular flexibility index (Phi) is 4.07. The van der Waals surface area contributed by atoms with E-state index in [9.17, 15) is 9.59 Å². The number of halogens is 1. The molecule has 2 aromatic carbocycles. The second kappa shape index (κ2) is 6.16. The number of benzene rings is 2. The Morgan fingerprint density at radius 2 is 1.82 bits per heavy atom. The van der Waals surface area contributed by atoms with Gasteiger partial charge >= 0.3 is 0 Å². The molecule has 0 aromatic heterocycles. The third-order valence-corrected chi connectivity index (χ3v) is 3.77. The summed E-state index contributed by atoms with van der Waals surface area (Å²) in [4.78, 5) is 25.8. The van der Waals surface area contributed by atoms with Crippen LogP contribution < -0.4 is 0 Å². The molecule has 3 nitrogen and oxygen atoms in total. The van der Waals surface area contributed by atoms with Crippen LogP contribution in [0.5, 0.6) is 0 Å². The van der Waals surface area contributed by atoms with Gasteiger partial charge in [0.2, 0.25) is 5.91 Å². The van der Waals surface area contributed by atoms with Gasteiger partial charge in [0.25, 0.3) is 5.91 Å². The molecule has 1 saturated heterocycles. The Morgan fingerprint density at radius 3 is 2.55 bits per heavy atom. The second-order valence-corrected chi connectivity index (χ2v) is 5.61. The summed E-state index contributed by atoms with van der Waals surface area (Å²) >= 11 is 5.94. The molecule has 22 heavy (non-hydrogen) atoms. The molecule has 0 N–H and O–H groups in total. The molecular formula is C18H14ClNO2. The van der Waals surface area contributed by atoms with Crippen LogP contribution in [-0.4, -0.2) is 16.7 Å². The first-order valence-electron chi connectivity index (χ1n) is 6.98. The molecule has 0 spiro atoms. The van der Waals surface area contributed by atoms with Crippen LogP contribution in [0, 0.1) is 0 Å². The Morgan fingerprint density at radius 1 is 1.05 bits per heavy atom. The van der Waals surface area contributed by atoms with E-state index < -0.39 is 0 Å². The molecule has 0 unspecified atom stereocenters.